The van der Waals surface area contributed by atoms with Crippen LogP contribution >= 0.6 is 0 Å². The first-order valence-electron chi connectivity index (χ1n) is 7.61. The van der Waals surface area contributed by atoms with Crippen molar-refractivity contribution >= 4 is 0 Å². The van der Waals surface area contributed by atoms with Gasteiger partial charge in [-0.15, -0.1) is 0 Å². The molecule has 3 aromatic heterocycles. The summed E-state index contributed by atoms with van der Waals surface area (Å²) in [5.41, 5.74) is 2.28. The molecule has 1 N–H and O–H groups in total. The molecule has 0 aromatic carbocycles. The zero-order chi connectivity index (χ0) is 16.6. The molecule has 3 aromatic rings. The summed E-state index contributed by atoms with van der Waals surface area (Å²) in [5.74, 6) is 0.465. The topological polar surface area (TPSA) is 81.7 Å². The molecule has 0 aliphatic heterocycles. The highest BCUT2D eigenvalue weighted by Gasteiger charge is 2.20. The summed E-state index contributed by atoms with van der Waals surface area (Å²) in [6.07, 6.45) is 8.70. The number of rotatable bonds is 4. The summed E-state index contributed by atoms with van der Waals surface area (Å²) >= 11 is 0. The number of aromatic hydroxyl groups is 1. The Balaban J connectivity index is 2.19. The molecule has 7 nitrogen and oxygen atoms in total. The van der Waals surface area contributed by atoms with Crippen LogP contribution in [-0.4, -0.2) is 34.4 Å². The van der Waals surface area contributed by atoms with E-state index >= 15 is 0 Å². The van der Waals surface area contributed by atoms with Crippen LogP contribution < -0.4 is 0 Å². The average Bonchev–Trinajstić information content (AvgIpc) is 3.17. The molecule has 0 spiro atoms. The van der Waals surface area contributed by atoms with Crippen LogP contribution in [0.2, 0.25) is 0 Å². The summed E-state index contributed by atoms with van der Waals surface area (Å²) in [6.45, 7) is 8.14. The zero-order valence-electron chi connectivity index (χ0n) is 13.7. The average molecular weight is 312 g/mol. The van der Waals surface area contributed by atoms with E-state index in [1.165, 1.54) is 0 Å². The summed E-state index contributed by atoms with van der Waals surface area (Å²) in [4.78, 5) is 12.8. The second-order valence-corrected chi connectivity index (χ2v) is 6.04. The van der Waals surface area contributed by atoms with Gasteiger partial charge in [-0.25, -0.2) is 9.97 Å². The Morgan fingerprint density at radius 1 is 1.13 bits per heavy atom. The molecule has 3 heterocycles. The van der Waals surface area contributed by atoms with E-state index in [-0.39, 0.29) is 17.8 Å². The lowest BCUT2D eigenvalue weighted by Crippen LogP contribution is -2.05. The SMILES string of the molecule is CC(C)c1c(O)nc(-n2ccnc2)nc1-c1cnn(C(C)C)c1. The summed E-state index contributed by atoms with van der Waals surface area (Å²) in [5, 5.41) is 14.8. The van der Waals surface area contributed by atoms with Gasteiger partial charge in [0.05, 0.1) is 11.9 Å². The van der Waals surface area contributed by atoms with Crippen molar-refractivity contribution in [3.63, 3.8) is 0 Å². The van der Waals surface area contributed by atoms with Crippen molar-refractivity contribution in [3.8, 4) is 23.1 Å². The van der Waals surface area contributed by atoms with Crippen molar-refractivity contribution in [3.05, 3.63) is 36.7 Å². The number of hydrogen-bond acceptors (Lipinski definition) is 5. The van der Waals surface area contributed by atoms with E-state index < -0.39 is 0 Å². The Bertz CT molecular complexity index is 804. The summed E-state index contributed by atoms with van der Waals surface area (Å²) in [6, 6.07) is 0.259. The van der Waals surface area contributed by atoms with Gasteiger partial charge in [-0.2, -0.15) is 10.1 Å². The molecule has 0 fully saturated rings. The third kappa shape index (κ3) is 2.81. The van der Waals surface area contributed by atoms with Crippen LogP contribution in [0.4, 0.5) is 0 Å². The molecule has 23 heavy (non-hydrogen) atoms. The van der Waals surface area contributed by atoms with Crippen LogP contribution in [0.5, 0.6) is 5.88 Å². The van der Waals surface area contributed by atoms with E-state index in [2.05, 4.69) is 33.9 Å². The first-order valence-corrected chi connectivity index (χ1v) is 7.61. The van der Waals surface area contributed by atoms with Crippen LogP contribution in [0.3, 0.4) is 0 Å². The normalized spacial score (nSPS) is 11.6. The lowest BCUT2D eigenvalue weighted by Gasteiger charge is -2.14. The monoisotopic (exact) mass is 312 g/mol. The Hall–Kier alpha value is -2.70. The van der Waals surface area contributed by atoms with Gasteiger partial charge in [0.2, 0.25) is 11.8 Å². The smallest absolute Gasteiger partial charge is 0.238 e. The maximum absolute atomic E-state index is 10.4. The highest BCUT2D eigenvalue weighted by Crippen LogP contribution is 2.33. The third-order valence-electron chi connectivity index (χ3n) is 3.63. The van der Waals surface area contributed by atoms with Crippen molar-refractivity contribution in [2.24, 2.45) is 0 Å². The maximum atomic E-state index is 10.4. The Morgan fingerprint density at radius 2 is 1.91 bits per heavy atom. The van der Waals surface area contributed by atoms with Gasteiger partial charge in [0.15, 0.2) is 0 Å². The van der Waals surface area contributed by atoms with E-state index in [1.807, 2.05) is 24.7 Å². The Morgan fingerprint density at radius 3 is 2.48 bits per heavy atom. The van der Waals surface area contributed by atoms with Gasteiger partial charge in [0, 0.05) is 35.8 Å². The molecule has 120 valence electrons. The van der Waals surface area contributed by atoms with Crippen LogP contribution in [0.25, 0.3) is 17.2 Å². The van der Waals surface area contributed by atoms with Crippen LogP contribution in [0.1, 0.15) is 45.2 Å². The van der Waals surface area contributed by atoms with Crippen molar-refractivity contribution in [1.29, 1.82) is 0 Å². The van der Waals surface area contributed by atoms with Crippen molar-refractivity contribution in [1.82, 2.24) is 29.3 Å². The molecule has 0 atom stereocenters. The molecule has 0 bridgehead atoms. The van der Waals surface area contributed by atoms with Crippen LogP contribution in [-0.2, 0) is 0 Å². The molecule has 0 saturated heterocycles. The van der Waals surface area contributed by atoms with Gasteiger partial charge in [-0.3, -0.25) is 9.25 Å². The fraction of sp³-hybridized carbons (Fsp3) is 0.375. The lowest BCUT2D eigenvalue weighted by atomic mass is 9.99. The third-order valence-corrected chi connectivity index (χ3v) is 3.63. The van der Waals surface area contributed by atoms with Crippen molar-refractivity contribution < 1.29 is 5.11 Å². The molecule has 0 amide bonds. The second-order valence-electron chi connectivity index (χ2n) is 6.04. The van der Waals surface area contributed by atoms with Crippen LogP contribution in [0.15, 0.2) is 31.1 Å². The van der Waals surface area contributed by atoms with Gasteiger partial charge in [0.25, 0.3) is 0 Å². The number of imidazole rings is 1. The highest BCUT2D eigenvalue weighted by atomic mass is 16.3. The summed E-state index contributed by atoms with van der Waals surface area (Å²) < 4.78 is 3.54. The molecule has 0 radical (unpaired) electrons. The Kier molecular flexibility index (Phi) is 3.85. The van der Waals surface area contributed by atoms with E-state index in [1.54, 1.807) is 29.5 Å². The standard InChI is InChI=1S/C16H20N6O/c1-10(2)13-14(12-7-18-22(8-12)11(3)4)19-16(20-15(13)23)21-6-5-17-9-21/h5-11H,1-4H3,(H,19,20,23). The minimum absolute atomic E-state index is 0.00834. The fourth-order valence-electron chi connectivity index (χ4n) is 2.43. The van der Waals surface area contributed by atoms with E-state index in [4.69, 9.17) is 0 Å². The molecule has 7 heteroatoms. The molecular formula is C16H20N6O. The zero-order valence-corrected chi connectivity index (χ0v) is 13.7. The lowest BCUT2D eigenvalue weighted by molar-refractivity contribution is 0.440. The van der Waals surface area contributed by atoms with Crippen molar-refractivity contribution in [2.45, 2.75) is 39.7 Å². The van der Waals surface area contributed by atoms with Gasteiger partial charge >= 0.3 is 0 Å². The van der Waals surface area contributed by atoms with E-state index in [0.29, 0.717) is 11.6 Å². The van der Waals surface area contributed by atoms with E-state index in [0.717, 1.165) is 11.1 Å². The number of hydrogen-bond donors (Lipinski definition) is 1. The predicted octanol–water partition coefficient (Wildman–Crippen LogP) is 2.94. The van der Waals surface area contributed by atoms with Gasteiger partial charge in [-0.05, 0) is 19.8 Å². The first kappa shape index (κ1) is 15.2. The van der Waals surface area contributed by atoms with Gasteiger partial charge < -0.3 is 5.11 Å². The second kappa shape index (κ2) is 5.83. The molecule has 0 aliphatic carbocycles. The van der Waals surface area contributed by atoms with E-state index in [9.17, 15) is 5.11 Å². The largest absolute Gasteiger partial charge is 0.493 e. The number of nitrogens with zero attached hydrogens (tertiary/aromatic N) is 6. The first-order chi connectivity index (χ1) is 11.0. The molecule has 3 rings (SSSR count). The van der Waals surface area contributed by atoms with Crippen molar-refractivity contribution in [2.75, 3.05) is 0 Å². The fourth-order valence-corrected chi connectivity index (χ4v) is 2.43. The minimum Gasteiger partial charge on any atom is -0.493 e. The van der Waals surface area contributed by atoms with Gasteiger partial charge in [0.1, 0.15) is 6.33 Å². The number of aromatic nitrogens is 6. The van der Waals surface area contributed by atoms with Gasteiger partial charge in [-0.1, -0.05) is 13.8 Å². The van der Waals surface area contributed by atoms with Crippen LogP contribution in [0, 0.1) is 0 Å². The quantitative estimate of drug-likeness (QED) is 0.801. The minimum atomic E-state index is -0.00834. The molecule has 0 aliphatic rings. The molecule has 0 saturated carbocycles. The predicted molar refractivity (Wildman–Crippen MR) is 86.5 cm³/mol. The highest BCUT2D eigenvalue weighted by molar-refractivity contribution is 5.65. The molecular weight excluding hydrogens is 292 g/mol. The summed E-state index contributed by atoms with van der Waals surface area (Å²) in [7, 11) is 0. The maximum Gasteiger partial charge on any atom is 0.238 e. The Labute approximate surface area is 134 Å². The molecule has 0 unspecified atom stereocenters.